The number of amides is 1. The quantitative estimate of drug-likeness (QED) is 0.536. The fourth-order valence-corrected chi connectivity index (χ4v) is 6.33. The van der Waals surface area contributed by atoms with E-state index in [2.05, 4.69) is 17.2 Å². The van der Waals surface area contributed by atoms with Crippen LogP contribution in [-0.4, -0.2) is 34.8 Å². The maximum atomic E-state index is 12.6. The Morgan fingerprint density at radius 1 is 1.38 bits per heavy atom. The van der Waals surface area contributed by atoms with Crippen molar-refractivity contribution in [1.29, 1.82) is 0 Å². The maximum absolute atomic E-state index is 12.6. The fourth-order valence-electron chi connectivity index (χ4n) is 4.34. The largest absolute Gasteiger partial charge is 0.466 e. The van der Waals surface area contributed by atoms with Crippen LogP contribution >= 0.6 is 23.1 Å². The smallest absolute Gasteiger partial charge is 0.311 e. The number of ether oxygens (including phenoxy) is 1. The zero-order valence-electron chi connectivity index (χ0n) is 15.7. The van der Waals surface area contributed by atoms with E-state index < -0.39 is 0 Å². The zero-order chi connectivity index (χ0) is 18.7. The number of fused-ring (bicyclic) bond motifs is 2. The second-order valence-corrected chi connectivity index (χ2v) is 9.93. The van der Waals surface area contributed by atoms with Crippen LogP contribution in [0.15, 0.2) is 9.72 Å². The van der Waals surface area contributed by atoms with Crippen LogP contribution in [-0.2, 0) is 20.7 Å². The van der Waals surface area contributed by atoms with Crippen molar-refractivity contribution in [1.82, 2.24) is 10.3 Å². The molecule has 0 spiro atoms. The predicted octanol–water partition coefficient (Wildman–Crippen LogP) is 3.67. The van der Waals surface area contributed by atoms with Crippen LogP contribution in [0.3, 0.4) is 0 Å². The minimum atomic E-state index is -0.264. The van der Waals surface area contributed by atoms with E-state index in [0.717, 1.165) is 16.2 Å². The summed E-state index contributed by atoms with van der Waals surface area (Å²) >= 11 is 2.93. The molecule has 0 aliphatic heterocycles. The summed E-state index contributed by atoms with van der Waals surface area (Å²) in [6.45, 7) is 6.24. The van der Waals surface area contributed by atoms with E-state index in [4.69, 9.17) is 4.74 Å². The summed E-state index contributed by atoms with van der Waals surface area (Å²) in [4.78, 5) is 28.5. The van der Waals surface area contributed by atoms with Gasteiger partial charge in [-0.3, -0.25) is 9.59 Å². The first-order valence-electron chi connectivity index (χ1n) is 9.53. The van der Waals surface area contributed by atoms with Gasteiger partial charge in [0.25, 0.3) is 0 Å². The number of nitrogens with one attached hydrogen (secondary N) is 1. The van der Waals surface area contributed by atoms with E-state index in [1.54, 1.807) is 6.92 Å². The average molecular weight is 397 g/mol. The molecular formula is C19H28N2O3S2. The van der Waals surface area contributed by atoms with Crippen molar-refractivity contribution < 1.29 is 14.3 Å². The van der Waals surface area contributed by atoms with Gasteiger partial charge in [0, 0.05) is 11.4 Å². The lowest BCUT2D eigenvalue weighted by atomic mass is 9.84. The van der Waals surface area contributed by atoms with Gasteiger partial charge in [-0.1, -0.05) is 18.2 Å². The lowest BCUT2D eigenvalue weighted by Gasteiger charge is -2.29. The number of esters is 1. The van der Waals surface area contributed by atoms with Gasteiger partial charge in [0.05, 0.1) is 24.0 Å². The standard InChI is InChI=1S/C19H28N2O3S2/c1-4-24-17(22)9-15-10-25-19(21-15)26-12(3)18(23)20-11(2)16-8-13-5-6-14(16)7-13/h10-14,16H,4-9H2,1-3H3,(H,20,23). The number of carbonyl (C=O) groups is 2. The van der Waals surface area contributed by atoms with Crippen LogP contribution < -0.4 is 5.32 Å². The molecule has 2 saturated carbocycles. The summed E-state index contributed by atoms with van der Waals surface area (Å²) in [5.74, 6) is 2.16. The van der Waals surface area contributed by atoms with Gasteiger partial charge < -0.3 is 10.1 Å². The first-order chi connectivity index (χ1) is 12.5. The Hall–Kier alpha value is -1.08. The minimum absolute atomic E-state index is 0.0763. The molecule has 1 heterocycles. The van der Waals surface area contributed by atoms with Gasteiger partial charge in [-0.2, -0.15) is 0 Å². The number of hydrogen-bond donors (Lipinski definition) is 1. The first-order valence-corrected chi connectivity index (χ1v) is 11.3. The summed E-state index contributed by atoms with van der Waals surface area (Å²) in [5.41, 5.74) is 0.707. The van der Waals surface area contributed by atoms with Crippen molar-refractivity contribution in [3.63, 3.8) is 0 Å². The second kappa shape index (κ2) is 8.74. The predicted molar refractivity (Wildman–Crippen MR) is 104 cm³/mol. The van der Waals surface area contributed by atoms with Crippen LogP contribution in [0.2, 0.25) is 0 Å². The highest BCUT2D eigenvalue weighted by molar-refractivity contribution is 8.02. The molecule has 2 bridgehead atoms. The molecule has 0 aromatic carbocycles. The third kappa shape index (κ3) is 4.80. The van der Waals surface area contributed by atoms with Crippen LogP contribution in [0.1, 0.15) is 52.1 Å². The van der Waals surface area contributed by atoms with Crippen molar-refractivity contribution in [3.8, 4) is 0 Å². The van der Waals surface area contributed by atoms with E-state index in [1.165, 1.54) is 48.8 Å². The third-order valence-electron chi connectivity index (χ3n) is 5.61. The van der Waals surface area contributed by atoms with Crippen molar-refractivity contribution >= 4 is 35.0 Å². The molecule has 1 amide bonds. The van der Waals surface area contributed by atoms with Gasteiger partial charge in [-0.15, -0.1) is 11.3 Å². The Balaban J connectivity index is 1.46. The van der Waals surface area contributed by atoms with E-state index in [0.29, 0.717) is 18.2 Å². The SMILES string of the molecule is CCOC(=O)Cc1csc(SC(C)C(=O)NC(C)C2CC3CCC2C3)n1. The summed E-state index contributed by atoms with van der Waals surface area (Å²) in [5, 5.41) is 4.89. The van der Waals surface area contributed by atoms with E-state index in [1.807, 2.05) is 12.3 Å². The van der Waals surface area contributed by atoms with Gasteiger partial charge >= 0.3 is 5.97 Å². The molecular weight excluding hydrogens is 368 g/mol. The summed E-state index contributed by atoms with van der Waals surface area (Å²) in [7, 11) is 0. The normalized spacial score (nSPS) is 26.5. The van der Waals surface area contributed by atoms with E-state index in [9.17, 15) is 9.59 Å². The number of thiazole rings is 1. The molecule has 1 N–H and O–H groups in total. The van der Waals surface area contributed by atoms with Crippen LogP contribution in [0.5, 0.6) is 0 Å². The monoisotopic (exact) mass is 396 g/mol. The van der Waals surface area contributed by atoms with Gasteiger partial charge in [0.2, 0.25) is 5.91 Å². The number of nitrogens with zero attached hydrogens (tertiary/aromatic N) is 1. The lowest BCUT2D eigenvalue weighted by Crippen LogP contribution is -2.43. The second-order valence-electron chi connectivity index (χ2n) is 7.48. The molecule has 5 atom stereocenters. The molecule has 26 heavy (non-hydrogen) atoms. The Labute approximate surface area is 163 Å². The minimum Gasteiger partial charge on any atom is -0.466 e. The Morgan fingerprint density at radius 2 is 2.19 bits per heavy atom. The molecule has 0 radical (unpaired) electrons. The Morgan fingerprint density at radius 3 is 2.85 bits per heavy atom. The van der Waals surface area contributed by atoms with Crippen LogP contribution in [0.25, 0.3) is 0 Å². The highest BCUT2D eigenvalue weighted by atomic mass is 32.2. The number of thioether (sulfide) groups is 1. The third-order valence-corrected chi connectivity index (χ3v) is 7.73. The molecule has 5 nitrogen and oxygen atoms in total. The van der Waals surface area contributed by atoms with Crippen LogP contribution in [0.4, 0.5) is 0 Å². The maximum Gasteiger partial charge on any atom is 0.311 e. The van der Waals surface area contributed by atoms with E-state index in [-0.39, 0.29) is 29.6 Å². The van der Waals surface area contributed by atoms with Crippen molar-refractivity contribution in [2.24, 2.45) is 17.8 Å². The van der Waals surface area contributed by atoms with Gasteiger partial charge in [-0.25, -0.2) is 4.98 Å². The number of carbonyl (C=O) groups excluding carboxylic acids is 2. The number of rotatable bonds is 8. The van der Waals surface area contributed by atoms with Gasteiger partial charge in [-0.05, 0) is 57.8 Å². The molecule has 2 fully saturated rings. The van der Waals surface area contributed by atoms with Crippen molar-refractivity contribution in [3.05, 3.63) is 11.1 Å². The Bertz CT molecular complexity index is 648. The van der Waals surface area contributed by atoms with Crippen molar-refractivity contribution in [2.75, 3.05) is 6.61 Å². The molecule has 0 saturated heterocycles. The molecule has 5 unspecified atom stereocenters. The molecule has 3 rings (SSSR count). The Kier molecular flexibility index (Phi) is 6.61. The number of aromatic nitrogens is 1. The molecule has 1 aromatic rings. The summed E-state index contributed by atoms with van der Waals surface area (Å²) in [6, 6.07) is 0.247. The van der Waals surface area contributed by atoms with E-state index >= 15 is 0 Å². The molecule has 7 heteroatoms. The number of hydrogen-bond acceptors (Lipinski definition) is 6. The summed E-state index contributed by atoms with van der Waals surface area (Å²) < 4.78 is 5.76. The first kappa shape index (κ1) is 19.7. The van der Waals surface area contributed by atoms with Gasteiger partial charge in [0.1, 0.15) is 0 Å². The highest BCUT2D eigenvalue weighted by Gasteiger charge is 2.42. The average Bonchev–Trinajstić information content (AvgIpc) is 3.32. The van der Waals surface area contributed by atoms with Gasteiger partial charge in [0.15, 0.2) is 4.34 Å². The van der Waals surface area contributed by atoms with Crippen molar-refractivity contribution in [2.45, 2.75) is 68.5 Å². The highest BCUT2D eigenvalue weighted by Crippen LogP contribution is 2.49. The zero-order valence-corrected chi connectivity index (χ0v) is 17.3. The van der Waals surface area contributed by atoms with Crippen LogP contribution in [0, 0.1) is 17.8 Å². The topological polar surface area (TPSA) is 68.3 Å². The molecule has 2 aliphatic carbocycles. The molecule has 144 valence electrons. The summed E-state index contributed by atoms with van der Waals surface area (Å²) in [6.07, 6.45) is 5.54. The molecule has 1 aromatic heterocycles. The fraction of sp³-hybridized carbons (Fsp3) is 0.737. The lowest BCUT2D eigenvalue weighted by molar-refractivity contribution is -0.142. The molecule has 2 aliphatic rings.